The fourth-order valence-electron chi connectivity index (χ4n) is 4.40. The Kier molecular flexibility index (Phi) is 5.91. The van der Waals surface area contributed by atoms with Gasteiger partial charge in [0.05, 0.1) is 22.5 Å². The van der Waals surface area contributed by atoms with Gasteiger partial charge >= 0.3 is 0 Å². The predicted octanol–water partition coefficient (Wildman–Crippen LogP) is 4.16. The third-order valence-corrected chi connectivity index (χ3v) is 8.22. The minimum Gasteiger partial charge on any atom is -0.340 e. The van der Waals surface area contributed by atoms with Crippen LogP contribution < -0.4 is 4.90 Å². The van der Waals surface area contributed by atoms with Crippen molar-refractivity contribution in [2.45, 2.75) is 24.8 Å². The summed E-state index contributed by atoms with van der Waals surface area (Å²) in [6.07, 6.45) is 0.892. The first kappa shape index (κ1) is 21.7. The van der Waals surface area contributed by atoms with Crippen LogP contribution >= 0.6 is 0 Å². The van der Waals surface area contributed by atoms with Gasteiger partial charge in [-0.1, -0.05) is 61.5 Å². The summed E-state index contributed by atoms with van der Waals surface area (Å²) in [6, 6.07) is 25.7. The van der Waals surface area contributed by atoms with Crippen LogP contribution in [0.1, 0.15) is 18.1 Å². The van der Waals surface area contributed by atoms with Gasteiger partial charge in [-0.2, -0.15) is 4.31 Å². The maximum absolute atomic E-state index is 13.2. The van der Waals surface area contributed by atoms with Gasteiger partial charge in [0.25, 0.3) is 0 Å². The van der Waals surface area contributed by atoms with Crippen LogP contribution in [0.15, 0.2) is 83.8 Å². The summed E-state index contributed by atoms with van der Waals surface area (Å²) < 4.78 is 30.2. The van der Waals surface area contributed by atoms with E-state index in [2.05, 4.69) is 34.6 Å². The van der Waals surface area contributed by atoms with Crippen LogP contribution in [0.3, 0.4) is 0 Å². The molecule has 1 aliphatic rings. The lowest BCUT2D eigenvalue weighted by atomic mass is 10.2. The van der Waals surface area contributed by atoms with Crippen molar-refractivity contribution >= 4 is 27.0 Å². The first-order chi connectivity index (χ1) is 16.1. The van der Waals surface area contributed by atoms with E-state index in [9.17, 15) is 8.42 Å². The highest BCUT2D eigenvalue weighted by Gasteiger charge is 2.30. The lowest BCUT2D eigenvalue weighted by Gasteiger charge is -2.34. The Hall–Kier alpha value is -3.16. The van der Waals surface area contributed by atoms with E-state index in [4.69, 9.17) is 4.98 Å². The lowest BCUT2D eigenvalue weighted by molar-refractivity contribution is 0.381. The van der Waals surface area contributed by atoms with Crippen molar-refractivity contribution in [3.8, 4) is 0 Å². The number of para-hydroxylation sites is 2. The highest BCUT2D eigenvalue weighted by molar-refractivity contribution is 7.89. The van der Waals surface area contributed by atoms with Crippen molar-refractivity contribution in [2.75, 3.05) is 31.1 Å². The number of fused-ring (bicyclic) bond motifs is 1. The maximum Gasteiger partial charge on any atom is 0.243 e. The zero-order valence-corrected chi connectivity index (χ0v) is 19.6. The number of benzene rings is 3. The minimum absolute atomic E-state index is 0.365. The monoisotopic (exact) mass is 460 g/mol. The van der Waals surface area contributed by atoms with Crippen molar-refractivity contribution in [2.24, 2.45) is 0 Å². The van der Waals surface area contributed by atoms with Crippen molar-refractivity contribution in [3.05, 3.63) is 90.0 Å². The van der Waals surface area contributed by atoms with Crippen LogP contribution in [0, 0.1) is 0 Å². The van der Waals surface area contributed by atoms with Crippen LogP contribution in [0.4, 0.5) is 5.95 Å². The van der Waals surface area contributed by atoms with Crippen LogP contribution in [0.5, 0.6) is 0 Å². The molecule has 0 unspecified atom stereocenters. The number of hydrogen-bond acceptors (Lipinski definition) is 4. The number of hydrogen-bond donors (Lipinski definition) is 0. The number of aromatic nitrogens is 2. The van der Waals surface area contributed by atoms with E-state index in [0.29, 0.717) is 31.1 Å². The summed E-state index contributed by atoms with van der Waals surface area (Å²) in [4.78, 5) is 7.49. The van der Waals surface area contributed by atoms with E-state index in [1.807, 2.05) is 48.5 Å². The van der Waals surface area contributed by atoms with Gasteiger partial charge in [-0.25, -0.2) is 13.4 Å². The van der Waals surface area contributed by atoms with Gasteiger partial charge in [0, 0.05) is 26.2 Å². The molecule has 33 heavy (non-hydrogen) atoms. The molecule has 0 amide bonds. The van der Waals surface area contributed by atoms with Crippen LogP contribution in [0.25, 0.3) is 11.0 Å². The van der Waals surface area contributed by atoms with Gasteiger partial charge in [0.15, 0.2) is 0 Å². The van der Waals surface area contributed by atoms with Gasteiger partial charge in [-0.3, -0.25) is 0 Å². The van der Waals surface area contributed by atoms with E-state index < -0.39 is 10.0 Å². The third kappa shape index (κ3) is 4.26. The number of aryl methyl sites for hydroxylation is 1. The lowest BCUT2D eigenvalue weighted by Crippen LogP contribution is -2.49. The summed E-state index contributed by atoms with van der Waals surface area (Å²) in [7, 11) is -3.50. The molecule has 1 saturated heterocycles. The second kappa shape index (κ2) is 9.00. The Morgan fingerprint density at radius 3 is 2.15 bits per heavy atom. The zero-order chi connectivity index (χ0) is 22.8. The smallest absolute Gasteiger partial charge is 0.243 e. The first-order valence-electron chi connectivity index (χ1n) is 11.4. The van der Waals surface area contributed by atoms with E-state index in [1.54, 1.807) is 16.4 Å². The van der Waals surface area contributed by atoms with Gasteiger partial charge in [0.2, 0.25) is 16.0 Å². The normalized spacial score (nSPS) is 15.2. The van der Waals surface area contributed by atoms with Gasteiger partial charge in [-0.05, 0) is 41.8 Å². The average Bonchev–Trinajstić information content (AvgIpc) is 3.23. The Morgan fingerprint density at radius 2 is 1.45 bits per heavy atom. The van der Waals surface area contributed by atoms with E-state index >= 15 is 0 Å². The molecule has 1 aliphatic heterocycles. The molecular weight excluding hydrogens is 432 g/mol. The minimum atomic E-state index is -3.50. The van der Waals surface area contributed by atoms with E-state index in [-0.39, 0.29) is 0 Å². The highest BCUT2D eigenvalue weighted by Crippen LogP contribution is 2.26. The number of sulfonamides is 1. The molecule has 0 radical (unpaired) electrons. The molecule has 3 aromatic carbocycles. The van der Waals surface area contributed by atoms with Crippen molar-refractivity contribution in [1.29, 1.82) is 0 Å². The molecule has 0 spiro atoms. The fourth-order valence-corrected chi connectivity index (χ4v) is 5.82. The summed E-state index contributed by atoms with van der Waals surface area (Å²) in [6.45, 7) is 4.86. The Morgan fingerprint density at radius 1 is 0.788 bits per heavy atom. The van der Waals surface area contributed by atoms with Crippen molar-refractivity contribution < 1.29 is 8.42 Å². The molecule has 1 aromatic heterocycles. The SMILES string of the molecule is CCc1ccc(S(=O)(=O)N2CCN(c3nc4ccccc4n3Cc3ccccc3)CC2)cc1. The predicted molar refractivity (Wildman–Crippen MR) is 132 cm³/mol. The van der Waals surface area contributed by atoms with Crippen LogP contribution in [0.2, 0.25) is 0 Å². The molecule has 0 atom stereocenters. The fraction of sp³-hybridized carbons (Fsp3) is 0.269. The summed E-state index contributed by atoms with van der Waals surface area (Å²) in [5.41, 5.74) is 4.38. The molecule has 6 nitrogen and oxygen atoms in total. The maximum atomic E-state index is 13.2. The average molecular weight is 461 g/mol. The van der Waals surface area contributed by atoms with Gasteiger partial charge < -0.3 is 9.47 Å². The van der Waals surface area contributed by atoms with Crippen LogP contribution in [-0.4, -0.2) is 48.5 Å². The highest BCUT2D eigenvalue weighted by atomic mass is 32.2. The molecule has 0 N–H and O–H groups in total. The quantitative estimate of drug-likeness (QED) is 0.434. The van der Waals surface area contributed by atoms with Gasteiger partial charge in [0.1, 0.15) is 0 Å². The zero-order valence-electron chi connectivity index (χ0n) is 18.8. The Bertz CT molecular complexity index is 1340. The number of rotatable bonds is 6. The van der Waals surface area contributed by atoms with Crippen molar-refractivity contribution in [1.82, 2.24) is 13.9 Å². The number of nitrogens with zero attached hydrogens (tertiary/aromatic N) is 4. The largest absolute Gasteiger partial charge is 0.340 e. The van der Waals surface area contributed by atoms with E-state index in [0.717, 1.165) is 35.5 Å². The molecule has 1 fully saturated rings. The second-order valence-electron chi connectivity index (χ2n) is 8.36. The topological polar surface area (TPSA) is 58.4 Å². The third-order valence-electron chi connectivity index (χ3n) is 6.31. The molecule has 170 valence electrons. The molecule has 7 heteroatoms. The summed E-state index contributed by atoms with van der Waals surface area (Å²) in [5.74, 6) is 0.893. The number of anilines is 1. The molecule has 4 aromatic rings. The first-order valence-corrected chi connectivity index (χ1v) is 12.8. The molecule has 0 bridgehead atoms. The number of imidazole rings is 1. The second-order valence-corrected chi connectivity index (χ2v) is 10.3. The van der Waals surface area contributed by atoms with Crippen molar-refractivity contribution in [3.63, 3.8) is 0 Å². The van der Waals surface area contributed by atoms with Crippen LogP contribution in [-0.2, 0) is 23.0 Å². The van der Waals surface area contributed by atoms with Gasteiger partial charge in [-0.15, -0.1) is 0 Å². The Labute approximate surface area is 195 Å². The Balaban J connectivity index is 1.38. The molecule has 0 saturated carbocycles. The standard InChI is InChI=1S/C26H28N4O2S/c1-2-21-12-14-23(15-13-21)33(31,32)29-18-16-28(17-19-29)26-27-24-10-6-7-11-25(24)30(26)20-22-8-4-3-5-9-22/h3-15H,2,16-20H2,1H3. The number of piperazine rings is 1. The summed E-state index contributed by atoms with van der Waals surface area (Å²) >= 11 is 0. The molecule has 2 heterocycles. The van der Waals surface area contributed by atoms with E-state index in [1.165, 1.54) is 5.56 Å². The molecule has 0 aliphatic carbocycles. The molecular formula is C26H28N4O2S. The summed E-state index contributed by atoms with van der Waals surface area (Å²) in [5, 5.41) is 0. The molecule has 5 rings (SSSR count).